The Labute approximate surface area is 180 Å². The summed E-state index contributed by atoms with van der Waals surface area (Å²) in [6.07, 6.45) is -10.4. The molecule has 2 heterocycles. The van der Waals surface area contributed by atoms with Gasteiger partial charge >= 0.3 is 12.5 Å². The van der Waals surface area contributed by atoms with Crippen LogP contribution in [0.2, 0.25) is 0 Å². The fourth-order valence-corrected chi connectivity index (χ4v) is 2.86. The number of nitrogens with zero attached hydrogens (tertiary/aromatic N) is 3. The van der Waals surface area contributed by atoms with E-state index in [-0.39, 0.29) is 5.52 Å². The monoisotopic (exact) mass is 480 g/mol. The van der Waals surface area contributed by atoms with Crippen LogP contribution < -0.4 is 10.1 Å². The SMILES string of the molecule is CC(C)(O)CC(=O)Nc1nc2ccc(C(F)(F)F)nc2n1-c1ccc(OC(F)(F)F)cc1F. The summed E-state index contributed by atoms with van der Waals surface area (Å²) in [6.45, 7) is 2.65. The second-order valence-electron chi connectivity index (χ2n) is 7.51. The first-order valence-electron chi connectivity index (χ1n) is 9.08. The van der Waals surface area contributed by atoms with Crippen molar-refractivity contribution < 1.29 is 45.4 Å². The summed E-state index contributed by atoms with van der Waals surface area (Å²) in [5.41, 5.74) is -4.05. The fraction of sp³-hybridized carbons (Fsp3) is 0.316. The standard InChI is InChI=1S/C19H15F7N4O3/c1-17(2,32)8-14(31)29-16-27-11-4-6-13(18(21,22)23)28-15(11)30(16)12-5-3-9(7-10(12)20)33-19(24,25)26/h3-7,32H,8H2,1-2H3,(H,27,29,31). The van der Waals surface area contributed by atoms with E-state index in [1.54, 1.807) is 0 Å². The molecule has 7 nitrogen and oxygen atoms in total. The van der Waals surface area contributed by atoms with Gasteiger partial charge in [0.15, 0.2) is 11.5 Å². The van der Waals surface area contributed by atoms with Crippen LogP contribution in [-0.4, -0.2) is 37.5 Å². The van der Waals surface area contributed by atoms with Gasteiger partial charge in [0.25, 0.3) is 0 Å². The number of imidazole rings is 1. The highest BCUT2D eigenvalue weighted by Crippen LogP contribution is 2.33. The normalized spacial score (nSPS) is 12.8. The third-order valence-electron chi connectivity index (χ3n) is 4.03. The van der Waals surface area contributed by atoms with Crippen molar-refractivity contribution in [2.24, 2.45) is 0 Å². The van der Waals surface area contributed by atoms with Gasteiger partial charge in [-0.1, -0.05) is 0 Å². The van der Waals surface area contributed by atoms with Gasteiger partial charge in [-0.25, -0.2) is 14.4 Å². The molecule has 1 aromatic carbocycles. The summed E-state index contributed by atoms with van der Waals surface area (Å²) in [5.74, 6) is -3.51. The number of rotatable bonds is 5. The fourth-order valence-electron chi connectivity index (χ4n) is 2.86. The average Bonchev–Trinajstić information content (AvgIpc) is 2.95. The molecule has 0 spiro atoms. The first-order chi connectivity index (χ1) is 15.0. The second kappa shape index (κ2) is 8.17. The van der Waals surface area contributed by atoms with E-state index in [1.807, 2.05) is 0 Å². The van der Waals surface area contributed by atoms with Crippen LogP contribution in [0.4, 0.5) is 36.7 Å². The number of carbonyl (C=O) groups is 1. The van der Waals surface area contributed by atoms with E-state index >= 15 is 0 Å². The largest absolute Gasteiger partial charge is 0.573 e. The maximum absolute atomic E-state index is 14.7. The number of hydrogen-bond acceptors (Lipinski definition) is 5. The zero-order valence-corrected chi connectivity index (χ0v) is 16.8. The van der Waals surface area contributed by atoms with Crippen LogP contribution in [0, 0.1) is 5.82 Å². The van der Waals surface area contributed by atoms with Crippen molar-refractivity contribution in [3.8, 4) is 11.4 Å². The average molecular weight is 480 g/mol. The summed E-state index contributed by atoms with van der Waals surface area (Å²) in [6, 6.07) is 3.45. The van der Waals surface area contributed by atoms with Gasteiger partial charge in [0.05, 0.1) is 17.7 Å². The van der Waals surface area contributed by atoms with Gasteiger partial charge in [-0.2, -0.15) is 13.2 Å². The molecular formula is C19H15F7N4O3. The molecule has 2 aromatic heterocycles. The maximum atomic E-state index is 14.7. The van der Waals surface area contributed by atoms with Crippen molar-refractivity contribution in [2.75, 3.05) is 5.32 Å². The number of fused-ring (bicyclic) bond motifs is 1. The van der Waals surface area contributed by atoms with E-state index in [4.69, 9.17) is 0 Å². The molecule has 1 amide bonds. The summed E-state index contributed by atoms with van der Waals surface area (Å²) in [5, 5.41) is 12.0. The van der Waals surface area contributed by atoms with Crippen LogP contribution in [-0.2, 0) is 11.0 Å². The van der Waals surface area contributed by atoms with Crippen molar-refractivity contribution in [1.29, 1.82) is 0 Å². The Morgan fingerprint density at radius 3 is 2.30 bits per heavy atom. The summed E-state index contributed by atoms with van der Waals surface area (Å²) >= 11 is 0. The van der Waals surface area contributed by atoms with E-state index in [1.165, 1.54) is 13.8 Å². The van der Waals surface area contributed by atoms with E-state index < -0.39 is 65.0 Å². The van der Waals surface area contributed by atoms with Crippen molar-refractivity contribution in [1.82, 2.24) is 14.5 Å². The smallest absolute Gasteiger partial charge is 0.406 e. The van der Waals surface area contributed by atoms with Crippen LogP contribution >= 0.6 is 0 Å². The second-order valence-corrected chi connectivity index (χ2v) is 7.51. The van der Waals surface area contributed by atoms with E-state index in [9.17, 15) is 40.6 Å². The van der Waals surface area contributed by atoms with E-state index in [0.29, 0.717) is 16.7 Å². The van der Waals surface area contributed by atoms with Gasteiger partial charge in [0.1, 0.15) is 17.0 Å². The van der Waals surface area contributed by atoms with Crippen LogP contribution in [0.3, 0.4) is 0 Å². The predicted molar refractivity (Wildman–Crippen MR) is 100 cm³/mol. The molecule has 0 atom stereocenters. The number of nitrogens with one attached hydrogen (secondary N) is 1. The minimum absolute atomic E-state index is 0.170. The van der Waals surface area contributed by atoms with Gasteiger partial charge in [-0.05, 0) is 38.1 Å². The molecule has 0 aliphatic carbocycles. The van der Waals surface area contributed by atoms with Gasteiger partial charge in [-0.15, -0.1) is 13.2 Å². The predicted octanol–water partition coefficient (Wildman–Crippen LogP) is 4.58. The number of anilines is 1. The molecule has 178 valence electrons. The summed E-state index contributed by atoms with van der Waals surface area (Å²) < 4.78 is 95.8. The van der Waals surface area contributed by atoms with Crippen molar-refractivity contribution in [2.45, 2.75) is 38.4 Å². The Morgan fingerprint density at radius 2 is 1.76 bits per heavy atom. The number of carbonyl (C=O) groups excluding carboxylic acids is 1. The first-order valence-corrected chi connectivity index (χ1v) is 9.08. The molecular weight excluding hydrogens is 465 g/mol. The molecule has 0 saturated heterocycles. The number of hydrogen-bond donors (Lipinski definition) is 2. The first kappa shape index (κ1) is 24.2. The molecule has 14 heteroatoms. The number of amides is 1. The van der Waals surface area contributed by atoms with Crippen LogP contribution in [0.1, 0.15) is 26.0 Å². The Kier molecular flexibility index (Phi) is 6.00. The third kappa shape index (κ3) is 5.88. The van der Waals surface area contributed by atoms with Crippen LogP contribution in [0.15, 0.2) is 30.3 Å². The lowest BCUT2D eigenvalue weighted by atomic mass is 10.1. The Hall–Kier alpha value is -3.42. The lowest BCUT2D eigenvalue weighted by molar-refractivity contribution is -0.274. The molecule has 0 aliphatic heterocycles. The number of pyridine rings is 1. The van der Waals surface area contributed by atoms with Gasteiger partial charge in [0, 0.05) is 6.07 Å². The molecule has 3 rings (SSSR count). The van der Waals surface area contributed by atoms with E-state index in [2.05, 4.69) is 20.0 Å². The lowest BCUT2D eigenvalue weighted by Crippen LogP contribution is -2.28. The zero-order valence-electron chi connectivity index (χ0n) is 16.8. The van der Waals surface area contributed by atoms with Crippen LogP contribution in [0.25, 0.3) is 16.9 Å². The Bertz CT molecular complexity index is 1200. The maximum Gasteiger partial charge on any atom is 0.573 e. The molecule has 0 radical (unpaired) electrons. The number of benzene rings is 1. The molecule has 0 bridgehead atoms. The highest BCUT2D eigenvalue weighted by Gasteiger charge is 2.34. The lowest BCUT2D eigenvalue weighted by Gasteiger charge is -2.17. The Morgan fingerprint density at radius 1 is 1.09 bits per heavy atom. The molecule has 0 saturated carbocycles. The number of ether oxygens (including phenoxy) is 1. The number of aromatic nitrogens is 3. The number of alkyl halides is 6. The quantitative estimate of drug-likeness (QED) is 0.522. The minimum Gasteiger partial charge on any atom is -0.406 e. The minimum atomic E-state index is -5.10. The molecule has 33 heavy (non-hydrogen) atoms. The topological polar surface area (TPSA) is 89.3 Å². The molecule has 0 aliphatic rings. The van der Waals surface area contributed by atoms with Gasteiger partial charge in [0.2, 0.25) is 11.9 Å². The molecule has 3 aromatic rings. The van der Waals surface area contributed by atoms with Crippen molar-refractivity contribution >= 4 is 23.0 Å². The Balaban J connectivity index is 2.17. The highest BCUT2D eigenvalue weighted by molar-refractivity contribution is 5.92. The highest BCUT2D eigenvalue weighted by atomic mass is 19.4. The molecule has 0 unspecified atom stereocenters. The van der Waals surface area contributed by atoms with E-state index in [0.717, 1.165) is 18.2 Å². The van der Waals surface area contributed by atoms with Crippen molar-refractivity contribution in [3.05, 3.63) is 41.8 Å². The summed E-state index contributed by atoms with van der Waals surface area (Å²) in [4.78, 5) is 19.6. The van der Waals surface area contributed by atoms with Gasteiger partial charge in [-0.3, -0.25) is 14.7 Å². The summed E-state index contributed by atoms with van der Waals surface area (Å²) in [7, 11) is 0. The zero-order chi connectivity index (χ0) is 24.8. The molecule has 0 fully saturated rings. The molecule has 2 N–H and O–H groups in total. The number of aliphatic hydroxyl groups is 1. The van der Waals surface area contributed by atoms with Gasteiger partial charge < -0.3 is 9.84 Å². The van der Waals surface area contributed by atoms with Crippen LogP contribution in [0.5, 0.6) is 5.75 Å². The van der Waals surface area contributed by atoms with Crippen molar-refractivity contribution in [3.63, 3.8) is 0 Å². The third-order valence-corrected chi connectivity index (χ3v) is 4.03. The number of halogens is 7.